The molecule has 0 saturated heterocycles. The largest absolute Gasteiger partial charge is 0.481 e. The summed E-state index contributed by atoms with van der Waals surface area (Å²) in [7, 11) is 0. The number of aliphatic hydroxyl groups excluding tert-OH is 2. The van der Waals surface area contributed by atoms with Crippen molar-refractivity contribution in [2.75, 3.05) is 26.4 Å². The van der Waals surface area contributed by atoms with Gasteiger partial charge in [-0.2, -0.15) is 0 Å². The quantitative estimate of drug-likeness (QED) is 0.263. The van der Waals surface area contributed by atoms with Crippen LogP contribution in [0.2, 0.25) is 0 Å². The van der Waals surface area contributed by atoms with Gasteiger partial charge in [-0.3, -0.25) is 9.59 Å². The zero-order valence-corrected chi connectivity index (χ0v) is 15.2. The highest BCUT2D eigenvalue weighted by atomic mass is 16.6. The third-order valence-electron chi connectivity index (χ3n) is 3.05. The SMILES string of the molecule is O=C(O)CCCCC(=O)O.O=C1OC(=O)c2ccccc21.OCCOCCO. The Morgan fingerprint density at radius 1 is 0.821 bits per heavy atom. The van der Waals surface area contributed by atoms with Crippen molar-refractivity contribution in [3.05, 3.63) is 35.4 Å². The van der Waals surface area contributed by atoms with Crippen molar-refractivity contribution in [1.82, 2.24) is 0 Å². The molecule has 1 aromatic rings. The Hall–Kier alpha value is -2.82. The van der Waals surface area contributed by atoms with E-state index in [9.17, 15) is 19.2 Å². The number of ether oxygens (including phenoxy) is 2. The van der Waals surface area contributed by atoms with E-state index in [0.29, 0.717) is 37.2 Å². The third-order valence-corrected chi connectivity index (χ3v) is 3.05. The summed E-state index contributed by atoms with van der Waals surface area (Å²) in [5, 5.41) is 32.4. The number of carboxylic acids is 2. The summed E-state index contributed by atoms with van der Waals surface area (Å²) in [6, 6.07) is 6.53. The lowest BCUT2D eigenvalue weighted by molar-refractivity contribution is -0.139. The van der Waals surface area contributed by atoms with E-state index in [0.717, 1.165) is 0 Å². The molecule has 156 valence electrons. The van der Waals surface area contributed by atoms with Gasteiger partial charge in [0.05, 0.1) is 37.6 Å². The average molecular weight is 400 g/mol. The van der Waals surface area contributed by atoms with Gasteiger partial charge in [-0.15, -0.1) is 0 Å². The van der Waals surface area contributed by atoms with E-state index in [1.54, 1.807) is 24.3 Å². The molecule has 0 fully saturated rings. The Labute approximate surface area is 161 Å². The first kappa shape index (κ1) is 25.2. The molecule has 0 aromatic heterocycles. The molecule has 0 unspecified atom stereocenters. The van der Waals surface area contributed by atoms with E-state index >= 15 is 0 Å². The second-order valence-electron chi connectivity index (χ2n) is 5.28. The van der Waals surface area contributed by atoms with E-state index in [1.165, 1.54) is 0 Å². The molecule has 2 rings (SSSR count). The van der Waals surface area contributed by atoms with E-state index in [-0.39, 0.29) is 26.1 Å². The number of fused-ring (bicyclic) bond motifs is 1. The maximum absolute atomic E-state index is 10.8. The topological polar surface area (TPSA) is 168 Å². The summed E-state index contributed by atoms with van der Waals surface area (Å²) in [6.07, 6.45) is 1.02. The summed E-state index contributed by atoms with van der Waals surface area (Å²) in [4.78, 5) is 41.5. The molecule has 10 heteroatoms. The number of rotatable bonds is 9. The summed E-state index contributed by atoms with van der Waals surface area (Å²) >= 11 is 0. The van der Waals surface area contributed by atoms with Gasteiger partial charge in [0, 0.05) is 12.8 Å². The number of benzene rings is 1. The molecule has 0 atom stereocenters. The monoisotopic (exact) mass is 400 g/mol. The molecule has 0 spiro atoms. The Morgan fingerprint density at radius 3 is 1.54 bits per heavy atom. The van der Waals surface area contributed by atoms with Crippen LogP contribution in [-0.4, -0.2) is 70.7 Å². The minimum atomic E-state index is -0.870. The van der Waals surface area contributed by atoms with Gasteiger partial charge in [-0.25, -0.2) is 9.59 Å². The number of aliphatic hydroxyl groups is 2. The molecule has 0 bridgehead atoms. The van der Waals surface area contributed by atoms with Gasteiger partial charge >= 0.3 is 23.9 Å². The number of unbranched alkanes of at least 4 members (excludes halogenated alkanes) is 1. The standard InChI is InChI=1S/C8H4O3.C6H10O4.C4H10O3/c9-7-5-3-1-2-4-6(5)8(10)11-7;7-5(8)3-1-2-4-6(9)10;5-1-3-7-4-2-6/h1-4H;1-4H2,(H,7,8)(H,9,10);5-6H,1-4H2. The van der Waals surface area contributed by atoms with Crippen LogP contribution in [0.15, 0.2) is 24.3 Å². The molecule has 1 aliphatic heterocycles. The first-order valence-electron chi connectivity index (χ1n) is 8.42. The van der Waals surface area contributed by atoms with E-state index in [2.05, 4.69) is 9.47 Å². The fraction of sp³-hybridized carbons (Fsp3) is 0.444. The van der Waals surface area contributed by atoms with Gasteiger partial charge < -0.3 is 29.9 Å². The second-order valence-corrected chi connectivity index (χ2v) is 5.28. The smallest absolute Gasteiger partial charge is 0.346 e. The Bertz CT molecular complexity index is 588. The van der Waals surface area contributed by atoms with Crippen LogP contribution in [0.3, 0.4) is 0 Å². The molecule has 0 radical (unpaired) electrons. The van der Waals surface area contributed by atoms with E-state index in [1.807, 2.05) is 0 Å². The van der Waals surface area contributed by atoms with Gasteiger partial charge in [0.25, 0.3) is 0 Å². The van der Waals surface area contributed by atoms with Gasteiger partial charge in [-0.05, 0) is 25.0 Å². The van der Waals surface area contributed by atoms with Crippen LogP contribution in [-0.2, 0) is 19.1 Å². The molecular formula is C18H24O10. The minimum absolute atomic E-state index is 0.0278. The van der Waals surface area contributed by atoms with Crippen LogP contribution in [0.4, 0.5) is 0 Å². The maximum atomic E-state index is 10.8. The number of esters is 2. The molecular weight excluding hydrogens is 376 g/mol. The lowest BCUT2D eigenvalue weighted by Crippen LogP contribution is -2.03. The normalized spacial score (nSPS) is 11.4. The predicted octanol–water partition coefficient (Wildman–Crippen LogP) is 0.701. The zero-order valence-electron chi connectivity index (χ0n) is 15.2. The zero-order chi connectivity index (χ0) is 21.4. The van der Waals surface area contributed by atoms with Gasteiger partial charge in [-0.1, -0.05) is 12.1 Å². The van der Waals surface area contributed by atoms with Crippen molar-refractivity contribution in [3.63, 3.8) is 0 Å². The number of carbonyl (C=O) groups excluding carboxylic acids is 2. The first-order valence-corrected chi connectivity index (χ1v) is 8.42. The van der Waals surface area contributed by atoms with Crippen molar-refractivity contribution >= 4 is 23.9 Å². The molecule has 0 saturated carbocycles. The highest BCUT2D eigenvalue weighted by Gasteiger charge is 2.28. The Balaban J connectivity index is 0.000000403. The highest BCUT2D eigenvalue weighted by molar-refractivity contribution is 6.14. The first-order chi connectivity index (χ1) is 13.3. The molecule has 1 aromatic carbocycles. The summed E-state index contributed by atoms with van der Waals surface area (Å²) < 4.78 is 8.99. The summed E-state index contributed by atoms with van der Waals surface area (Å²) in [5.74, 6) is -2.84. The maximum Gasteiger partial charge on any atom is 0.346 e. The van der Waals surface area contributed by atoms with E-state index in [4.69, 9.17) is 20.4 Å². The summed E-state index contributed by atoms with van der Waals surface area (Å²) in [6.45, 7) is 0.696. The lowest BCUT2D eigenvalue weighted by Gasteiger charge is -1.94. The van der Waals surface area contributed by atoms with Gasteiger partial charge in [0.15, 0.2) is 0 Å². The number of carbonyl (C=O) groups is 4. The molecule has 10 nitrogen and oxygen atoms in total. The van der Waals surface area contributed by atoms with Crippen LogP contribution >= 0.6 is 0 Å². The number of hydrogen-bond donors (Lipinski definition) is 4. The lowest BCUT2D eigenvalue weighted by atomic mass is 10.1. The van der Waals surface area contributed by atoms with Crippen molar-refractivity contribution in [3.8, 4) is 0 Å². The van der Waals surface area contributed by atoms with Gasteiger partial charge in [0.1, 0.15) is 0 Å². The van der Waals surface area contributed by atoms with E-state index < -0.39 is 23.9 Å². The molecule has 1 aliphatic rings. The molecule has 0 aliphatic carbocycles. The minimum Gasteiger partial charge on any atom is -0.481 e. The number of carboxylic acid groups (broad SMARTS) is 2. The fourth-order valence-corrected chi connectivity index (χ4v) is 1.82. The fourth-order valence-electron chi connectivity index (χ4n) is 1.82. The summed E-state index contributed by atoms with van der Waals surface area (Å²) in [5.41, 5.74) is 0.718. The Morgan fingerprint density at radius 2 is 1.21 bits per heavy atom. The second kappa shape index (κ2) is 15.3. The molecule has 4 N–H and O–H groups in total. The Kier molecular flexibility index (Phi) is 13.7. The van der Waals surface area contributed by atoms with Crippen molar-refractivity contribution in [2.45, 2.75) is 25.7 Å². The number of aliphatic carboxylic acids is 2. The average Bonchev–Trinajstić information content (AvgIpc) is 2.95. The molecule has 1 heterocycles. The van der Waals surface area contributed by atoms with Crippen LogP contribution in [0, 0.1) is 0 Å². The molecule has 0 amide bonds. The van der Waals surface area contributed by atoms with Crippen molar-refractivity contribution in [2.24, 2.45) is 0 Å². The van der Waals surface area contributed by atoms with Crippen LogP contribution in [0.5, 0.6) is 0 Å². The number of cyclic esters (lactones) is 2. The van der Waals surface area contributed by atoms with Crippen molar-refractivity contribution in [1.29, 1.82) is 0 Å². The van der Waals surface area contributed by atoms with Crippen LogP contribution in [0.25, 0.3) is 0 Å². The third kappa shape index (κ3) is 11.7. The predicted molar refractivity (Wildman–Crippen MR) is 94.9 cm³/mol. The molecule has 28 heavy (non-hydrogen) atoms. The number of hydrogen-bond acceptors (Lipinski definition) is 8. The van der Waals surface area contributed by atoms with Crippen LogP contribution < -0.4 is 0 Å². The highest BCUT2D eigenvalue weighted by Crippen LogP contribution is 2.18. The van der Waals surface area contributed by atoms with Crippen molar-refractivity contribution < 1.29 is 49.1 Å². The van der Waals surface area contributed by atoms with Gasteiger partial charge in [0.2, 0.25) is 0 Å². The van der Waals surface area contributed by atoms with Crippen LogP contribution in [0.1, 0.15) is 46.4 Å².